The van der Waals surface area contributed by atoms with Crippen molar-refractivity contribution >= 4 is 17.5 Å². The molecule has 3 rings (SSSR count). The molecule has 144 valence electrons. The Morgan fingerprint density at radius 3 is 2.85 bits per heavy atom. The molecule has 0 saturated carbocycles. The minimum Gasteiger partial charge on any atom is -0.497 e. The summed E-state index contributed by atoms with van der Waals surface area (Å²) in [6.07, 6.45) is 1.08. The number of anilines is 1. The van der Waals surface area contributed by atoms with E-state index in [4.69, 9.17) is 4.74 Å². The smallest absolute Gasteiger partial charge is 0.228 e. The Morgan fingerprint density at radius 1 is 1.41 bits per heavy atom. The standard InChI is InChI=1S/C20H26N4O3/c1-5-15-12(2)23-24(13(15)3)9-8-21-20(26)17-11-19(25)22-18-7-6-14(27-4)10-16(17)18/h6-7,10,17H,5,8-9,11H2,1-4H3,(H,21,26)(H,22,25)/t17-/m1/s1. The van der Waals surface area contributed by atoms with Crippen molar-refractivity contribution in [1.29, 1.82) is 0 Å². The summed E-state index contributed by atoms with van der Waals surface area (Å²) in [4.78, 5) is 24.7. The molecule has 0 unspecified atom stereocenters. The molecule has 2 amide bonds. The highest BCUT2D eigenvalue weighted by Crippen LogP contribution is 2.34. The van der Waals surface area contributed by atoms with E-state index in [0.717, 1.165) is 23.4 Å². The number of carbonyl (C=O) groups is 2. The number of methoxy groups -OCH3 is 1. The maximum absolute atomic E-state index is 12.7. The van der Waals surface area contributed by atoms with Crippen LogP contribution in [0.3, 0.4) is 0 Å². The first kappa shape index (κ1) is 18.9. The molecular weight excluding hydrogens is 344 g/mol. The minimum atomic E-state index is -0.518. The Hall–Kier alpha value is -2.83. The first-order valence-electron chi connectivity index (χ1n) is 9.23. The molecular formula is C20H26N4O3. The number of hydrogen-bond donors (Lipinski definition) is 2. The van der Waals surface area contributed by atoms with E-state index in [1.54, 1.807) is 19.2 Å². The maximum atomic E-state index is 12.7. The van der Waals surface area contributed by atoms with Crippen molar-refractivity contribution in [1.82, 2.24) is 15.1 Å². The number of benzene rings is 1. The van der Waals surface area contributed by atoms with E-state index in [1.807, 2.05) is 17.7 Å². The van der Waals surface area contributed by atoms with Crippen molar-refractivity contribution in [2.75, 3.05) is 19.0 Å². The predicted octanol–water partition coefficient (Wildman–Crippen LogP) is 2.31. The zero-order valence-corrected chi connectivity index (χ0v) is 16.3. The third-order valence-corrected chi connectivity index (χ3v) is 5.12. The summed E-state index contributed by atoms with van der Waals surface area (Å²) in [7, 11) is 1.58. The number of carbonyl (C=O) groups excluding carboxylic acids is 2. The van der Waals surface area contributed by atoms with E-state index in [0.29, 0.717) is 24.5 Å². The van der Waals surface area contributed by atoms with Crippen LogP contribution in [0, 0.1) is 13.8 Å². The van der Waals surface area contributed by atoms with Crippen LogP contribution in [0.15, 0.2) is 18.2 Å². The van der Waals surface area contributed by atoms with Crippen molar-refractivity contribution in [2.24, 2.45) is 0 Å². The van der Waals surface area contributed by atoms with E-state index < -0.39 is 5.92 Å². The lowest BCUT2D eigenvalue weighted by Gasteiger charge is -2.25. The maximum Gasteiger partial charge on any atom is 0.228 e. The lowest BCUT2D eigenvalue weighted by Crippen LogP contribution is -2.36. The first-order chi connectivity index (χ1) is 12.9. The lowest BCUT2D eigenvalue weighted by atomic mass is 9.89. The van der Waals surface area contributed by atoms with Crippen molar-refractivity contribution in [3.8, 4) is 5.75 Å². The van der Waals surface area contributed by atoms with Gasteiger partial charge in [0.25, 0.3) is 0 Å². The van der Waals surface area contributed by atoms with Gasteiger partial charge in [0, 0.05) is 24.3 Å². The summed E-state index contributed by atoms with van der Waals surface area (Å²) in [5.41, 5.74) is 4.87. The van der Waals surface area contributed by atoms with Gasteiger partial charge in [-0.15, -0.1) is 0 Å². The molecule has 27 heavy (non-hydrogen) atoms. The number of nitrogens with zero attached hydrogens (tertiary/aromatic N) is 2. The second-order valence-corrected chi connectivity index (χ2v) is 6.78. The van der Waals surface area contributed by atoms with E-state index in [-0.39, 0.29) is 18.2 Å². The van der Waals surface area contributed by atoms with Crippen LogP contribution in [0.4, 0.5) is 5.69 Å². The fraction of sp³-hybridized carbons (Fsp3) is 0.450. The largest absolute Gasteiger partial charge is 0.497 e. The van der Waals surface area contributed by atoms with E-state index in [2.05, 4.69) is 29.6 Å². The highest BCUT2D eigenvalue weighted by molar-refractivity contribution is 6.01. The summed E-state index contributed by atoms with van der Waals surface area (Å²) in [5.74, 6) is -0.163. The van der Waals surface area contributed by atoms with Crippen LogP contribution < -0.4 is 15.4 Å². The van der Waals surface area contributed by atoms with Crippen molar-refractivity contribution in [2.45, 2.75) is 46.1 Å². The SMILES string of the molecule is CCc1c(C)nn(CCNC(=O)[C@@H]2CC(=O)Nc3ccc(OC)cc32)c1C. The molecule has 1 aromatic heterocycles. The molecule has 2 aromatic rings. The Balaban J connectivity index is 1.69. The quantitative estimate of drug-likeness (QED) is 0.817. The number of aromatic nitrogens is 2. The molecule has 0 fully saturated rings. The Labute approximate surface area is 159 Å². The molecule has 1 atom stereocenters. The Bertz CT molecular complexity index is 872. The Kier molecular flexibility index (Phi) is 5.48. The molecule has 1 aliphatic rings. The number of rotatable bonds is 6. The summed E-state index contributed by atoms with van der Waals surface area (Å²) in [6, 6.07) is 5.36. The van der Waals surface area contributed by atoms with Crippen molar-refractivity contribution < 1.29 is 14.3 Å². The topological polar surface area (TPSA) is 85.2 Å². The van der Waals surface area contributed by atoms with Crippen LogP contribution in [0.2, 0.25) is 0 Å². The van der Waals surface area contributed by atoms with Gasteiger partial charge in [0.05, 0.1) is 25.3 Å². The summed E-state index contributed by atoms with van der Waals surface area (Å²) in [6.45, 7) is 7.23. The molecule has 7 nitrogen and oxygen atoms in total. The summed E-state index contributed by atoms with van der Waals surface area (Å²) >= 11 is 0. The Morgan fingerprint density at radius 2 is 2.19 bits per heavy atom. The fourth-order valence-corrected chi connectivity index (χ4v) is 3.67. The van der Waals surface area contributed by atoms with Gasteiger partial charge < -0.3 is 15.4 Å². The zero-order chi connectivity index (χ0) is 19.6. The van der Waals surface area contributed by atoms with Gasteiger partial charge in [-0.05, 0) is 49.6 Å². The van der Waals surface area contributed by atoms with Gasteiger partial charge in [-0.25, -0.2) is 0 Å². The number of amides is 2. The van der Waals surface area contributed by atoms with Crippen LogP contribution in [-0.2, 0) is 22.6 Å². The number of ether oxygens (including phenoxy) is 1. The van der Waals surface area contributed by atoms with Crippen LogP contribution in [0.5, 0.6) is 5.75 Å². The van der Waals surface area contributed by atoms with Gasteiger partial charge in [-0.1, -0.05) is 6.92 Å². The summed E-state index contributed by atoms with van der Waals surface area (Å²) in [5, 5.41) is 10.3. The second-order valence-electron chi connectivity index (χ2n) is 6.78. The van der Waals surface area contributed by atoms with Gasteiger partial charge in [-0.2, -0.15) is 5.10 Å². The predicted molar refractivity (Wildman–Crippen MR) is 103 cm³/mol. The third-order valence-electron chi connectivity index (χ3n) is 5.12. The highest BCUT2D eigenvalue weighted by Gasteiger charge is 2.31. The fourth-order valence-electron chi connectivity index (χ4n) is 3.67. The average Bonchev–Trinajstić information content (AvgIpc) is 2.93. The molecule has 0 spiro atoms. The monoisotopic (exact) mass is 370 g/mol. The average molecular weight is 370 g/mol. The number of fused-ring (bicyclic) bond motifs is 1. The first-order valence-corrected chi connectivity index (χ1v) is 9.23. The molecule has 1 aliphatic heterocycles. The highest BCUT2D eigenvalue weighted by atomic mass is 16.5. The number of aryl methyl sites for hydroxylation is 1. The van der Waals surface area contributed by atoms with Gasteiger partial charge in [0.2, 0.25) is 11.8 Å². The molecule has 0 aliphatic carbocycles. The second kappa shape index (κ2) is 7.82. The van der Waals surface area contributed by atoms with Crippen LogP contribution in [-0.4, -0.2) is 35.2 Å². The number of nitrogens with one attached hydrogen (secondary N) is 2. The molecule has 1 aromatic carbocycles. The van der Waals surface area contributed by atoms with Gasteiger partial charge >= 0.3 is 0 Å². The molecule has 7 heteroatoms. The van der Waals surface area contributed by atoms with Crippen molar-refractivity contribution in [3.05, 3.63) is 40.7 Å². The van der Waals surface area contributed by atoms with Gasteiger partial charge in [0.1, 0.15) is 5.75 Å². The van der Waals surface area contributed by atoms with Crippen molar-refractivity contribution in [3.63, 3.8) is 0 Å². The zero-order valence-electron chi connectivity index (χ0n) is 16.3. The molecule has 2 N–H and O–H groups in total. The van der Waals surface area contributed by atoms with Crippen LogP contribution >= 0.6 is 0 Å². The number of hydrogen-bond acceptors (Lipinski definition) is 4. The molecule has 0 radical (unpaired) electrons. The van der Waals surface area contributed by atoms with E-state index in [1.165, 1.54) is 5.56 Å². The molecule has 0 saturated heterocycles. The minimum absolute atomic E-state index is 0.131. The van der Waals surface area contributed by atoms with E-state index in [9.17, 15) is 9.59 Å². The van der Waals surface area contributed by atoms with Crippen LogP contribution in [0.25, 0.3) is 0 Å². The van der Waals surface area contributed by atoms with Gasteiger partial charge in [0.15, 0.2) is 0 Å². The summed E-state index contributed by atoms with van der Waals surface area (Å²) < 4.78 is 7.18. The molecule has 0 bridgehead atoms. The molecule has 2 heterocycles. The normalized spacial score (nSPS) is 15.9. The van der Waals surface area contributed by atoms with Crippen LogP contribution in [0.1, 0.15) is 41.8 Å². The van der Waals surface area contributed by atoms with E-state index >= 15 is 0 Å². The van der Waals surface area contributed by atoms with Gasteiger partial charge in [-0.3, -0.25) is 14.3 Å². The third kappa shape index (κ3) is 3.82. The lowest BCUT2D eigenvalue weighted by molar-refractivity contribution is -0.126.